The van der Waals surface area contributed by atoms with Crippen LogP contribution < -0.4 is 11.1 Å². The van der Waals surface area contributed by atoms with Gasteiger partial charge in [0.25, 0.3) is 11.8 Å². The predicted octanol–water partition coefficient (Wildman–Crippen LogP) is -0.622. The van der Waals surface area contributed by atoms with Gasteiger partial charge < -0.3 is 25.7 Å². The molecular weight excluding hydrogens is 438 g/mol. The first-order chi connectivity index (χ1) is 14.2. The number of nitrogen functional groups attached to an aromatic ring is 1. The van der Waals surface area contributed by atoms with Crippen LogP contribution >= 0.6 is 23.1 Å². The molecule has 4 N–H and O–H groups in total. The molecule has 0 aliphatic carbocycles. The topological polar surface area (TPSA) is 174 Å². The number of thiazole rings is 1. The maximum atomic E-state index is 12.7. The van der Waals surface area contributed by atoms with E-state index < -0.39 is 35.8 Å². The summed E-state index contributed by atoms with van der Waals surface area (Å²) in [5, 5.41) is 17.5. The van der Waals surface area contributed by atoms with Gasteiger partial charge in [-0.2, -0.15) is 0 Å². The molecule has 1 saturated heterocycles. The van der Waals surface area contributed by atoms with E-state index >= 15 is 0 Å². The number of carboxylic acid groups (broad SMARTS) is 1. The molecule has 0 unspecified atom stereocenters. The number of hydrogen-bond donors (Lipinski definition) is 3. The summed E-state index contributed by atoms with van der Waals surface area (Å²) in [7, 11) is 1.26. The summed E-state index contributed by atoms with van der Waals surface area (Å²) in [5.41, 5.74) is 5.35. The van der Waals surface area contributed by atoms with Crippen molar-refractivity contribution in [2.24, 2.45) is 5.16 Å². The molecule has 0 spiro atoms. The number of hydrogen-bond acceptors (Lipinski definition) is 11. The van der Waals surface area contributed by atoms with E-state index in [1.807, 2.05) is 0 Å². The quantitative estimate of drug-likeness (QED) is 0.208. The SMILES string of the molecule is CO/N=C(\C(=O)N[C@@H]1C(=O)N2C(C(=O)O)=C(COC(C)=O)SC[C@H]12)c1csc(N)n1. The third kappa shape index (κ3) is 4.09. The number of amides is 2. The van der Waals surface area contributed by atoms with E-state index in [2.05, 4.69) is 20.3 Å². The summed E-state index contributed by atoms with van der Waals surface area (Å²) in [6, 6.07) is -1.53. The Morgan fingerprint density at radius 2 is 2.20 bits per heavy atom. The number of carboxylic acids is 1. The van der Waals surface area contributed by atoms with Crippen LogP contribution in [0.15, 0.2) is 21.1 Å². The number of rotatable bonds is 7. The number of β-lactam (4-membered cyclic amide) rings is 1. The highest BCUT2D eigenvalue weighted by Crippen LogP contribution is 2.39. The Bertz CT molecular complexity index is 973. The fraction of sp³-hybridized carbons (Fsp3) is 0.375. The molecule has 160 valence electrons. The van der Waals surface area contributed by atoms with Crippen LogP contribution in [0, 0.1) is 0 Å². The minimum Gasteiger partial charge on any atom is -0.477 e. The molecule has 2 amide bonds. The average Bonchev–Trinajstić information content (AvgIpc) is 3.13. The molecule has 3 rings (SSSR count). The predicted molar refractivity (Wildman–Crippen MR) is 106 cm³/mol. The molecule has 2 aliphatic heterocycles. The number of aliphatic carboxylic acids is 1. The zero-order valence-electron chi connectivity index (χ0n) is 15.8. The van der Waals surface area contributed by atoms with Crippen LogP contribution in [0.5, 0.6) is 0 Å². The minimum atomic E-state index is -1.33. The Labute approximate surface area is 178 Å². The Kier molecular flexibility index (Phi) is 6.26. The van der Waals surface area contributed by atoms with Gasteiger partial charge in [0.1, 0.15) is 31.1 Å². The summed E-state index contributed by atoms with van der Waals surface area (Å²) < 4.78 is 4.87. The van der Waals surface area contributed by atoms with Crippen LogP contribution in [0.3, 0.4) is 0 Å². The van der Waals surface area contributed by atoms with Gasteiger partial charge in [0.2, 0.25) is 0 Å². The Hall–Kier alpha value is -3.13. The van der Waals surface area contributed by atoms with Gasteiger partial charge in [-0.1, -0.05) is 5.16 Å². The van der Waals surface area contributed by atoms with Crippen LogP contribution in [0.25, 0.3) is 0 Å². The Morgan fingerprint density at radius 1 is 1.47 bits per heavy atom. The number of esters is 1. The third-order valence-corrected chi connectivity index (χ3v) is 6.05. The molecule has 0 bridgehead atoms. The van der Waals surface area contributed by atoms with Crippen molar-refractivity contribution < 1.29 is 33.9 Å². The monoisotopic (exact) mass is 455 g/mol. The number of ether oxygens (including phenoxy) is 1. The molecule has 12 nitrogen and oxygen atoms in total. The van der Waals surface area contributed by atoms with E-state index in [-0.39, 0.29) is 33.7 Å². The van der Waals surface area contributed by atoms with Crippen LogP contribution in [0.1, 0.15) is 12.6 Å². The van der Waals surface area contributed by atoms with E-state index in [0.717, 1.165) is 28.0 Å². The molecule has 0 aromatic carbocycles. The molecule has 1 aromatic rings. The van der Waals surface area contributed by atoms with Crippen molar-refractivity contribution in [3.63, 3.8) is 0 Å². The van der Waals surface area contributed by atoms with Crippen molar-refractivity contribution in [2.75, 3.05) is 25.2 Å². The normalized spacial score (nSPS) is 20.9. The van der Waals surface area contributed by atoms with Crippen LogP contribution in [0.4, 0.5) is 5.13 Å². The number of carbonyl (C=O) groups is 4. The molecule has 3 heterocycles. The van der Waals surface area contributed by atoms with Gasteiger partial charge in [-0.25, -0.2) is 9.78 Å². The van der Waals surface area contributed by atoms with E-state index in [0.29, 0.717) is 5.75 Å². The van der Waals surface area contributed by atoms with Crippen molar-refractivity contribution in [1.29, 1.82) is 0 Å². The maximum Gasteiger partial charge on any atom is 0.353 e. The summed E-state index contributed by atoms with van der Waals surface area (Å²) in [6.07, 6.45) is 0. The van der Waals surface area contributed by atoms with Crippen molar-refractivity contribution in [3.05, 3.63) is 21.7 Å². The van der Waals surface area contributed by atoms with Gasteiger partial charge in [0, 0.05) is 18.1 Å². The lowest BCUT2D eigenvalue weighted by Gasteiger charge is -2.49. The second-order valence-corrected chi connectivity index (χ2v) is 8.09. The highest BCUT2D eigenvalue weighted by Gasteiger charge is 2.54. The second kappa shape index (κ2) is 8.71. The van der Waals surface area contributed by atoms with Gasteiger partial charge in [0.05, 0.1) is 10.9 Å². The number of fused-ring (bicyclic) bond motifs is 1. The molecule has 0 radical (unpaired) electrons. The summed E-state index contributed by atoms with van der Waals surface area (Å²) in [6.45, 7) is 0.956. The van der Waals surface area contributed by atoms with Gasteiger partial charge in [-0.3, -0.25) is 19.3 Å². The third-order valence-electron chi connectivity index (χ3n) is 4.21. The maximum absolute atomic E-state index is 12.7. The van der Waals surface area contributed by atoms with Crippen LogP contribution in [0.2, 0.25) is 0 Å². The number of anilines is 1. The summed E-state index contributed by atoms with van der Waals surface area (Å²) >= 11 is 2.26. The van der Waals surface area contributed by atoms with Gasteiger partial charge >= 0.3 is 11.9 Å². The van der Waals surface area contributed by atoms with E-state index in [4.69, 9.17) is 10.5 Å². The van der Waals surface area contributed by atoms with Crippen molar-refractivity contribution in [3.8, 4) is 0 Å². The number of aromatic nitrogens is 1. The average molecular weight is 455 g/mol. The zero-order chi connectivity index (χ0) is 22.0. The second-order valence-electron chi connectivity index (χ2n) is 6.09. The standard InChI is InChI=1S/C16H17N5O7S2/c1-6(22)28-3-9-12(15(25)26)21-8(5-29-9)11(14(21)24)19-13(23)10(20-27-2)7-4-30-16(17)18-7/h4,8,11H,3,5H2,1-2H3,(H2,17,18)(H,19,23)(H,25,26)/b20-10-/t8-,11+/m1/s1. The van der Waals surface area contributed by atoms with Gasteiger partial charge in [-0.05, 0) is 0 Å². The highest BCUT2D eigenvalue weighted by atomic mass is 32.2. The first-order valence-corrected chi connectivity index (χ1v) is 10.3. The highest BCUT2D eigenvalue weighted by molar-refractivity contribution is 8.03. The van der Waals surface area contributed by atoms with E-state index in [1.54, 1.807) is 0 Å². The Balaban J connectivity index is 1.77. The zero-order valence-corrected chi connectivity index (χ0v) is 17.4. The van der Waals surface area contributed by atoms with E-state index in [1.165, 1.54) is 19.4 Å². The number of oxime groups is 1. The lowest BCUT2D eigenvalue weighted by molar-refractivity contribution is -0.153. The summed E-state index contributed by atoms with van der Waals surface area (Å²) in [5.74, 6) is -2.89. The number of carbonyl (C=O) groups excluding carboxylic acids is 3. The molecule has 1 fully saturated rings. The molecule has 2 aliphatic rings. The molecule has 14 heteroatoms. The van der Waals surface area contributed by atoms with Crippen molar-refractivity contribution >= 4 is 57.7 Å². The first kappa shape index (κ1) is 21.6. The fourth-order valence-electron chi connectivity index (χ4n) is 2.94. The first-order valence-electron chi connectivity index (χ1n) is 8.43. The van der Waals surface area contributed by atoms with Crippen molar-refractivity contribution in [2.45, 2.75) is 19.0 Å². The lowest BCUT2D eigenvalue weighted by atomic mass is 9.94. The van der Waals surface area contributed by atoms with Crippen LogP contribution in [-0.2, 0) is 28.8 Å². The summed E-state index contributed by atoms with van der Waals surface area (Å²) in [4.78, 5) is 58.1. The molecule has 0 saturated carbocycles. The van der Waals surface area contributed by atoms with Crippen molar-refractivity contribution in [1.82, 2.24) is 15.2 Å². The Morgan fingerprint density at radius 3 is 2.77 bits per heavy atom. The number of nitrogens with zero attached hydrogens (tertiary/aromatic N) is 3. The molecule has 2 atom stereocenters. The van der Waals surface area contributed by atoms with Gasteiger partial charge in [-0.15, -0.1) is 23.1 Å². The van der Waals surface area contributed by atoms with Gasteiger partial charge in [0.15, 0.2) is 10.8 Å². The molecule has 1 aromatic heterocycles. The number of nitrogens with two attached hydrogens (primary N) is 1. The van der Waals surface area contributed by atoms with E-state index in [9.17, 15) is 24.3 Å². The number of nitrogens with one attached hydrogen (secondary N) is 1. The fourth-order valence-corrected chi connectivity index (χ4v) is 4.67. The molecular formula is C16H17N5O7S2. The number of thioether (sulfide) groups is 1. The largest absolute Gasteiger partial charge is 0.477 e. The minimum absolute atomic E-state index is 0.162. The smallest absolute Gasteiger partial charge is 0.353 e. The lowest BCUT2D eigenvalue weighted by Crippen LogP contribution is -2.73. The molecule has 30 heavy (non-hydrogen) atoms. The van der Waals surface area contributed by atoms with Crippen LogP contribution in [-0.4, -0.2) is 76.0 Å².